The Balaban J connectivity index is 2.47. The lowest BCUT2D eigenvalue weighted by atomic mass is 9.87. The number of hydrogen-bond donors (Lipinski definition) is 1. The van der Waals surface area contributed by atoms with Gasteiger partial charge in [0, 0.05) is 16.3 Å². The van der Waals surface area contributed by atoms with E-state index in [1.54, 1.807) is 0 Å². The molecule has 88 valence electrons. The molecule has 2 nitrogen and oxygen atoms in total. The van der Waals surface area contributed by atoms with Crippen LogP contribution >= 0.6 is 15.9 Å². The second-order valence-corrected chi connectivity index (χ2v) is 6.54. The smallest absolute Gasteiger partial charge is 0.223 e. The van der Waals surface area contributed by atoms with E-state index in [9.17, 15) is 4.79 Å². The third-order valence-corrected chi connectivity index (χ3v) is 4.56. The van der Waals surface area contributed by atoms with Crippen LogP contribution in [0.15, 0.2) is 0 Å². The molecule has 1 unspecified atom stereocenters. The standard InChI is InChI=1S/C12H22BrNO/c1-9(13)12(2,3)14-11(15)10-7-5-4-6-8-10/h9-10H,4-8H2,1-3H3,(H,14,15). The van der Waals surface area contributed by atoms with E-state index >= 15 is 0 Å². The van der Waals surface area contributed by atoms with Crippen molar-refractivity contribution < 1.29 is 4.79 Å². The minimum absolute atomic E-state index is 0.158. The summed E-state index contributed by atoms with van der Waals surface area (Å²) in [6, 6.07) is 0. The van der Waals surface area contributed by atoms with Crippen molar-refractivity contribution >= 4 is 21.8 Å². The van der Waals surface area contributed by atoms with E-state index in [0.717, 1.165) is 12.8 Å². The highest BCUT2D eigenvalue weighted by Gasteiger charge is 2.29. The summed E-state index contributed by atoms with van der Waals surface area (Å²) >= 11 is 3.53. The van der Waals surface area contributed by atoms with Crippen LogP contribution in [0.25, 0.3) is 0 Å². The van der Waals surface area contributed by atoms with E-state index in [1.165, 1.54) is 19.3 Å². The molecule has 1 atom stereocenters. The highest BCUT2D eigenvalue weighted by atomic mass is 79.9. The first-order chi connectivity index (χ1) is 6.93. The first-order valence-corrected chi connectivity index (χ1v) is 6.81. The summed E-state index contributed by atoms with van der Waals surface area (Å²) in [6.45, 7) is 6.20. The summed E-state index contributed by atoms with van der Waals surface area (Å²) in [4.78, 5) is 12.3. The van der Waals surface area contributed by atoms with Crippen LogP contribution in [0.4, 0.5) is 0 Å². The van der Waals surface area contributed by atoms with Crippen LogP contribution in [0.3, 0.4) is 0 Å². The molecule has 1 N–H and O–H groups in total. The number of halogens is 1. The Morgan fingerprint density at radius 2 is 1.87 bits per heavy atom. The monoisotopic (exact) mass is 275 g/mol. The van der Waals surface area contributed by atoms with Crippen LogP contribution in [0, 0.1) is 5.92 Å². The summed E-state index contributed by atoms with van der Waals surface area (Å²) in [5.74, 6) is 0.496. The van der Waals surface area contributed by atoms with Gasteiger partial charge in [-0.1, -0.05) is 42.1 Å². The Bertz CT molecular complexity index is 220. The van der Waals surface area contributed by atoms with Crippen molar-refractivity contribution in [2.24, 2.45) is 5.92 Å². The van der Waals surface area contributed by atoms with Gasteiger partial charge in [-0.05, 0) is 26.7 Å². The third-order valence-electron chi connectivity index (χ3n) is 3.42. The first-order valence-electron chi connectivity index (χ1n) is 5.89. The van der Waals surface area contributed by atoms with Crippen molar-refractivity contribution in [3.8, 4) is 0 Å². The van der Waals surface area contributed by atoms with Crippen molar-refractivity contribution in [1.29, 1.82) is 0 Å². The molecule has 0 aromatic heterocycles. The van der Waals surface area contributed by atoms with Crippen LogP contribution in [0.1, 0.15) is 52.9 Å². The largest absolute Gasteiger partial charge is 0.350 e. The van der Waals surface area contributed by atoms with Gasteiger partial charge in [0.05, 0.1) is 0 Å². The molecule has 0 radical (unpaired) electrons. The maximum absolute atomic E-state index is 12.0. The van der Waals surface area contributed by atoms with E-state index in [0.29, 0.717) is 0 Å². The molecule has 0 aromatic rings. The lowest BCUT2D eigenvalue weighted by molar-refractivity contribution is -0.127. The zero-order valence-electron chi connectivity index (χ0n) is 9.98. The summed E-state index contributed by atoms with van der Waals surface area (Å²) < 4.78 is 0. The molecule has 1 rings (SSSR count). The van der Waals surface area contributed by atoms with E-state index in [1.807, 2.05) is 0 Å². The normalized spacial score (nSPS) is 21.1. The fourth-order valence-corrected chi connectivity index (χ4v) is 2.00. The molecule has 1 saturated carbocycles. The lowest BCUT2D eigenvalue weighted by Gasteiger charge is -2.32. The molecule has 0 saturated heterocycles. The number of nitrogens with one attached hydrogen (secondary N) is 1. The molecule has 0 spiro atoms. The van der Waals surface area contributed by atoms with E-state index in [4.69, 9.17) is 0 Å². The van der Waals surface area contributed by atoms with Gasteiger partial charge in [0.2, 0.25) is 5.91 Å². The molecule has 0 heterocycles. The maximum Gasteiger partial charge on any atom is 0.223 e. The van der Waals surface area contributed by atoms with Gasteiger partial charge < -0.3 is 5.32 Å². The van der Waals surface area contributed by atoms with Gasteiger partial charge in [-0.3, -0.25) is 4.79 Å². The Labute approximate surface area is 101 Å². The second kappa shape index (κ2) is 5.33. The molecule has 1 aliphatic carbocycles. The Hall–Kier alpha value is -0.0500. The van der Waals surface area contributed by atoms with Crippen molar-refractivity contribution in [3.63, 3.8) is 0 Å². The Morgan fingerprint density at radius 3 is 2.33 bits per heavy atom. The average Bonchev–Trinajstić information content (AvgIpc) is 2.18. The number of amides is 1. The minimum Gasteiger partial charge on any atom is -0.350 e. The molecular formula is C12H22BrNO. The first kappa shape index (κ1) is 13.0. The quantitative estimate of drug-likeness (QED) is 0.788. The van der Waals surface area contributed by atoms with Gasteiger partial charge in [0.15, 0.2) is 0 Å². The van der Waals surface area contributed by atoms with Gasteiger partial charge in [-0.25, -0.2) is 0 Å². The van der Waals surface area contributed by atoms with Crippen molar-refractivity contribution in [2.75, 3.05) is 0 Å². The summed E-state index contributed by atoms with van der Waals surface area (Å²) in [5, 5.41) is 3.14. The van der Waals surface area contributed by atoms with Gasteiger partial charge in [-0.15, -0.1) is 0 Å². The molecule has 1 fully saturated rings. The van der Waals surface area contributed by atoms with Gasteiger partial charge >= 0.3 is 0 Å². The predicted octanol–water partition coefficient (Wildman–Crippen LogP) is 3.24. The van der Waals surface area contributed by atoms with Crippen molar-refractivity contribution in [2.45, 2.75) is 63.2 Å². The van der Waals surface area contributed by atoms with Gasteiger partial charge in [-0.2, -0.15) is 0 Å². The number of carbonyl (C=O) groups is 1. The third kappa shape index (κ3) is 3.78. The SMILES string of the molecule is CC(Br)C(C)(C)NC(=O)C1CCCCC1. The molecule has 0 bridgehead atoms. The Morgan fingerprint density at radius 1 is 1.33 bits per heavy atom. The molecule has 1 amide bonds. The van der Waals surface area contributed by atoms with Crippen molar-refractivity contribution in [3.05, 3.63) is 0 Å². The molecule has 15 heavy (non-hydrogen) atoms. The zero-order chi connectivity index (χ0) is 11.5. The van der Waals surface area contributed by atoms with Gasteiger partial charge in [0.1, 0.15) is 0 Å². The number of rotatable bonds is 3. The molecule has 3 heteroatoms. The highest BCUT2D eigenvalue weighted by Crippen LogP contribution is 2.25. The minimum atomic E-state index is -0.158. The lowest BCUT2D eigenvalue weighted by Crippen LogP contribution is -2.51. The highest BCUT2D eigenvalue weighted by molar-refractivity contribution is 9.09. The number of hydrogen-bond acceptors (Lipinski definition) is 1. The van der Waals surface area contributed by atoms with Crippen LogP contribution in [-0.4, -0.2) is 16.3 Å². The summed E-state index contributed by atoms with van der Waals surface area (Å²) in [7, 11) is 0. The molecular weight excluding hydrogens is 254 g/mol. The molecule has 1 aliphatic rings. The van der Waals surface area contributed by atoms with Gasteiger partial charge in [0.25, 0.3) is 0 Å². The summed E-state index contributed by atoms with van der Waals surface area (Å²) in [5.41, 5.74) is -0.158. The topological polar surface area (TPSA) is 29.1 Å². The van der Waals surface area contributed by atoms with Crippen molar-refractivity contribution in [1.82, 2.24) is 5.32 Å². The number of carbonyl (C=O) groups excluding carboxylic acids is 1. The zero-order valence-corrected chi connectivity index (χ0v) is 11.6. The van der Waals surface area contributed by atoms with Crippen LogP contribution < -0.4 is 5.32 Å². The second-order valence-electron chi connectivity index (χ2n) is 5.16. The summed E-state index contributed by atoms with van der Waals surface area (Å²) in [6.07, 6.45) is 5.85. The van der Waals surface area contributed by atoms with Crippen LogP contribution in [-0.2, 0) is 4.79 Å². The van der Waals surface area contributed by atoms with E-state index in [-0.39, 0.29) is 22.2 Å². The number of alkyl halides is 1. The maximum atomic E-state index is 12.0. The fraction of sp³-hybridized carbons (Fsp3) is 0.917. The fourth-order valence-electron chi connectivity index (χ4n) is 1.88. The molecule has 0 aliphatic heterocycles. The van der Waals surface area contributed by atoms with Crippen LogP contribution in [0.2, 0.25) is 0 Å². The van der Waals surface area contributed by atoms with E-state index < -0.39 is 0 Å². The Kier molecular flexibility index (Phi) is 4.63. The predicted molar refractivity (Wildman–Crippen MR) is 67.2 cm³/mol. The molecule has 0 aromatic carbocycles. The van der Waals surface area contributed by atoms with Crippen LogP contribution in [0.5, 0.6) is 0 Å². The average molecular weight is 276 g/mol. The van der Waals surface area contributed by atoms with E-state index in [2.05, 4.69) is 42.0 Å².